The van der Waals surface area contributed by atoms with E-state index in [0.717, 1.165) is 19.4 Å². The van der Waals surface area contributed by atoms with E-state index in [1.807, 2.05) is 0 Å². The van der Waals surface area contributed by atoms with Gasteiger partial charge in [-0.25, -0.2) is 13.9 Å². The molecule has 1 N–H and O–H groups in total. The summed E-state index contributed by atoms with van der Waals surface area (Å²) in [5.74, 6) is -6.62. The van der Waals surface area contributed by atoms with E-state index >= 15 is 0 Å². The minimum atomic E-state index is -6.57. The van der Waals surface area contributed by atoms with Gasteiger partial charge in [-0.05, 0) is 6.42 Å². The summed E-state index contributed by atoms with van der Waals surface area (Å²) in [7, 11) is -5.65. The van der Waals surface area contributed by atoms with Gasteiger partial charge in [0.05, 0.1) is 13.6 Å². The second-order valence-corrected chi connectivity index (χ2v) is 6.38. The molecule has 0 bridgehead atoms. The third-order valence-electron chi connectivity index (χ3n) is 3.07. The van der Waals surface area contributed by atoms with Crippen molar-refractivity contribution in [1.29, 1.82) is 0 Å². The van der Waals surface area contributed by atoms with Crippen LogP contribution in [0.4, 0.5) is 26.3 Å². The molecule has 1 rings (SSSR count). The summed E-state index contributed by atoms with van der Waals surface area (Å²) >= 11 is 0. The molecule has 0 aliphatic heterocycles. The molecule has 0 saturated carbocycles. The lowest BCUT2D eigenvalue weighted by Crippen LogP contribution is -2.57. The lowest BCUT2D eigenvalue weighted by atomic mass is 10.2. The second-order valence-electron chi connectivity index (χ2n) is 4.91. The maximum Gasteiger partial charge on any atom is 0.525 e. The van der Waals surface area contributed by atoms with E-state index in [-0.39, 0.29) is 13.0 Å². The Morgan fingerprint density at radius 1 is 1.25 bits per heavy atom. The number of rotatable bonds is 7. The summed E-state index contributed by atoms with van der Waals surface area (Å²) in [6.07, 6.45) is -3.25. The van der Waals surface area contributed by atoms with Crippen LogP contribution in [0, 0.1) is 0 Å². The Balaban J connectivity index is 3.65. The molecule has 0 amide bonds. The molecule has 0 aliphatic rings. The quantitative estimate of drug-likeness (QED) is 0.444. The van der Waals surface area contributed by atoms with Crippen LogP contribution in [0.3, 0.4) is 0 Å². The van der Waals surface area contributed by atoms with Crippen molar-refractivity contribution in [1.82, 2.24) is 4.57 Å². The predicted molar refractivity (Wildman–Crippen MR) is 66.9 cm³/mol. The number of halogens is 6. The lowest BCUT2D eigenvalue weighted by Gasteiger charge is -2.29. The van der Waals surface area contributed by atoms with E-state index in [1.165, 1.54) is 0 Å². The Morgan fingerprint density at radius 2 is 1.79 bits per heavy atom. The highest BCUT2D eigenvalue weighted by atomic mass is 32.2. The van der Waals surface area contributed by atoms with E-state index in [9.17, 15) is 34.8 Å². The maximum absolute atomic E-state index is 14.8. The minimum absolute atomic E-state index is 0.179. The maximum atomic E-state index is 14.8. The van der Waals surface area contributed by atoms with Crippen LogP contribution in [0.15, 0.2) is 12.4 Å². The SMILES string of the molecule is CCCCn1cc[n+](C)c1C(F)(OC(F)(F)F)C(F)(F)S(=O)(=O)O. The monoisotopic (exact) mass is 385 g/mol. The van der Waals surface area contributed by atoms with Crippen molar-refractivity contribution in [3.8, 4) is 0 Å². The standard InChI is InChI=1S/C11H14F6N2O4S/c1-3-4-5-19-7-6-18(2)8(19)9(12,23-11(15,16)17)10(13,14)24(20,21)22/h6-7H,3-5H2,1-2H3/p+1. The zero-order chi connectivity index (χ0) is 19.0. The summed E-state index contributed by atoms with van der Waals surface area (Å²) in [6.45, 7) is 1.51. The smallest absolute Gasteiger partial charge is 0.281 e. The van der Waals surface area contributed by atoms with Crippen molar-refractivity contribution in [3.05, 3.63) is 18.2 Å². The molecule has 0 aliphatic carbocycles. The van der Waals surface area contributed by atoms with Crippen LogP contribution < -0.4 is 4.57 Å². The molecule has 1 aromatic heterocycles. The van der Waals surface area contributed by atoms with Crippen molar-refractivity contribution in [2.24, 2.45) is 7.05 Å². The van der Waals surface area contributed by atoms with Gasteiger partial charge in [0.2, 0.25) is 0 Å². The third kappa shape index (κ3) is 3.83. The molecule has 24 heavy (non-hydrogen) atoms. The van der Waals surface area contributed by atoms with Crippen molar-refractivity contribution < 1.29 is 48.6 Å². The van der Waals surface area contributed by atoms with Crippen molar-refractivity contribution in [2.75, 3.05) is 0 Å². The van der Waals surface area contributed by atoms with Crippen LogP contribution in [0.2, 0.25) is 0 Å². The number of aryl methyl sites for hydroxylation is 2. The lowest BCUT2D eigenvalue weighted by molar-refractivity contribution is -0.695. The van der Waals surface area contributed by atoms with E-state index in [4.69, 9.17) is 4.55 Å². The van der Waals surface area contributed by atoms with E-state index < -0.39 is 33.4 Å². The molecule has 0 saturated heterocycles. The summed E-state index contributed by atoms with van der Waals surface area (Å²) in [5, 5.41) is -5.92. The zero-order valence-electron chi connectivity index (χ0n) is 12.5. The Labute approximate surface area is 133 Å². The summed E-state index contributed by atoms with van der Waals surface area (Å²) < 4.78 is 114. The first-order chi connectivity index (χ1) is 10.7. The molecule has 1 atom stereocenters. The normalized spacial score (nSPS) is 16.2. The number of hydrogen-bond donors (Lipinski definition) is 1. The Bertz CT molecular complexity index is 687. The molecule has 13 heteroatoms. The van der Waals surface area contributed by atoms with Crippen LogP contribution in [-0.4, -0.2) is 29.2 Å². The molecule has 140 valence electrons. The van der Waals surface area contributed by atoms with Crippen LogP contribution in [0.5, 0.6) is 0 Å². The van der Waals surface area contributed by atoms with Gasteiger partial charge in [0.1, 0.15) is 12.4 Å². The number of imidazole rings is 1. The van der Waals surface area contributed by atoms with Crippen molar-refractivity contribution >= 4 is 10.1 Å². The average Bonchev–Trinajstić information content (AvgIpc) is 2.74. The molecule has 1 unspecified atom stereocenters. The zero-order valence-corrected chi connectivity index (χ0v) is 13.3. The summed E-state index contributed by atoms with van der Waals surface area (Å²) in [6, 6.07) is 0. The first-order valence-corrected chi connectivity index (χ1v) is 7.97. The van der Waals surface area contributed by atoms with Gasteiger partial charge in [0, 0.05) is 0 Å². The van der Waals surface area contributed by atoms with Crippen LogP contribution >= 0.6 is 0 Å². The number of ether oxygens (including phenoxy) is 1. The molecular weight excluding hydrogens is 370 g/mol. The van der Waals surface area contributed by atoms with Gasteiger partial charge >= 0.3 is 33.4 Å². The van der Waals surface area contributed by atoms with Crippen LogP contribution in [0.25, 0.3) is 0 Å². The molecule has 0 spiro atoms. The van der Waals surface area contributed by atoms with Gasteiger partial charge < -0.3 is 0 Å². The first-order valence-electron chi connectivity index (χ1n) is 6.53. The molecule has 0 fully saturated rings. The van der Waals surface area contributed by atoms with Crippen molar-refractivity contribution in [2.45, 2.75) is 43.8 Å². The summed E-state index contributed by atoms with van der Waals surface area (Å²) in [4.78, 5) is 0. The van der Waals surface area contributed by atoms with E-state index in [2.05, 4.69) is 4.74 Å². The van der Waals surface area contributed by atoms with Crippen LogP contribution in [-0.2, 0) is 34.3 Å². The first kappa shape index (κ1) is 20.7. The number of aromatic nitrogens is 2. The van der Waals surface area contributed by atoms with Crippen molar-refractivity contribution in [3.63, 3.8) is 0 Å². The second kappa shape index (κ2) is 6.52. The minimum Gasteiger partial charge on any atom is -0.281 e. The largest absolute Gasteiger partial charge is 0.525 e. The van der Waals surface area contributed by atoms with E-state index in [1.54, 1.807) is 6.92 Å². The Hall–Kier alpha value is -1.34. The molecular formula is C11H15F6N2O4S+. The number of nitrogens with zero attached hydrogens (tertiary/aromatic N) is 2. The van der Waals surface area contributed by atoms with Gasteiger partial charge in [-0.2, -0.15) is 21.6 Å². The number of hydrogen-bond acceptors (Lipinski definition) is 3. The molecule has 1 heterocycles. The Morgan fingerprint density at radius 3 is 2.21 bits per heavy atom. The van der Waals surface area contributed by atoms with Gasteiger partial charge in [-0.15, -0.1) is 13.2 Å². The van der Waals surface area contributed by atoms with Gasteiger partial charge in [-0.1, -0.05) is 13.3 Å². The van der Waals surface area contributed by atoms with Crippen LogP contribution in [0.1, 0.15) is 25.6 Å². The highest BCUT2D eigenvalue weighted by molar-refractivity contribution is 7.86. The fourth-order valence-corrected chi connectivity index (χ4v) is 2.47. The number of unbranched alkanes of at least 4 members (excludes halogenated alkanes) is 1. The molecule has 0 aromatic carbocycles. The average molecular weight is 385 g/mol. The molecule has 1 aromatic rings. The molecule has 0 radical (unpaired) electrons. The fourth-order valence-electron chi connectivity index (χ4n) is 2.01. The Kier molecular flexibility index (Phi) is 5.62. The highest BCUT2D eigenvalue weighted by Crippen LogP contribution is 2.47. The van der Waals surface area contributed by atoms with Gasteiger partial charge in [-0.3, -0.25) is 4.55 Å². The summed E-state index contributed by atoms with van der Waals surface area (Å²) in [5.41, 5.74) is 0. The third-order valence-corrected chi connectivity index (χ3v) is 3.98. The predicted octanol–water partition coefficient (Wildman–Crippen LogP) is 2.25. The molecule has 6 nitrogen and oxygen atoms in total. The van der Waals surface area contributed by atoms with Gasteiger partial charge in [0.25, 0.3) is 0 Å². The van der Waals surface area contributed by atoms with E-state index in [0.29, 0.717) is 15.6 Å². The number of alkyl halides is 6. The van der Waals surface area contributed by atoms with Gasteiger partial charge in [0.15, 0.2) is 0 Å². The topological polar surface area (TPSA) is 72.4 Å². The highest BCUT2D eigenvalue weighted by Gasteiger charge is 2.75. The fraction of sp³-hybridized carbons (Fsp3) is 0.727.